The van der Waals surface area contributed by atoms with Crippen molar-refractivity contribution in [3.05, 3.63) is 66.4 Å². The third kappa shape index (κ3) is 5.18. The van der Waals surface area contributed by atoms with Gasteiger partial charge in [0.2, 0.25) is 0 Å². The van der Waals surface area contributed by atoms with Crippen molar-refractivity contribution in [2.24, 2.45) is 0 Å². The maximum absolute atomic E-state index is 13.3. The maximum Gasteiger partial charge on any atom is 0.269 e. The number of amides is 2. The van der Waals surface area contributed by atoms with Crippen molar-refractivity contribution < 1.29 is 32.7 Å². The van der Waals surface area contributed by atoms with Gasteiger partial charge in [0.15, 0.2) is 14.6 Å². The summed E-state index contributed by atoms with van der Waals surface area (Å²) in [5.74, 6) is -0.791. The van der Waals surface area contributed by atoms with E-state index in [1.165, 1.54) is 29.7 Å². The molecule has 1 aromatic heterocycles. The first-order chi connectivity index (χ1) is 17.4. The van der Waals surface area contributed by atoms with Gasteiger partial charge in [-0.2, -0.15) is 0 Å². The Morgan fingerprint density at radius 3 is 2.47 bits per heavy atom. The van der Waals surface area contributed by atoms with Gasteiger partial charge in [-0.1, -0.05) is 24.3 Å². The van der Waals surface area contributed by atoms with Crippen molar-refractivity contribution in [1.29, 1.82) is 0 Å². The van der Waals surface area contributed by atoms with Gasteiger partial charge in [0.1, 0.15) is 11.4 Å². The number of pyridine rings is 1. The van der Waals surface area contributed by atoms with Gasteiger partial charge in [0, 0.05) is 25.1 Å². The number of hydrogen-bond donors (Lipinski definition) is 3. The SMILES string of the molecule is O=C(NCCCOc1ccc(S(=O)(=O)C2(C(=O)NO)CCOCC2)cc1)c1ccc2ccccc2n1. The quantitative estimate of drug-likeness (QED) is 0.225. The van der Waals surface area contributed by atoms with Crippen LogP contribution in [-0.2, 0) is 19.4 Å². The van der Waals surface area contributed by atoms with Gasteiger partial charge in [-0.25, -0.2) is 18.9 Å². The normalized spacial score (nSPS) is 15.2. The monoisotopic (exact) mass is 513 g/mol. The molecule has 2 heterocycles. The topological polar surface area (TPSA) is 144 Å². The lowest BCUT2D eigenvalue weighted by Gasteiger charge is -2.34. The number of benzene rings is 2. The molecule has 0 aliphatic carbocycles. The summed E-state index contributed by atoms with van der Waals surface area (Å²) in [7, 11) is -4.09. The standard InChI is InChI=1S/C25H27N3O7S/c29-23(22-11-6-18-4-1-2-5-21(18)27-22)26-14-3-15-35-19-7-9-20(10-8-19)36(32,33)25(24(30)28-31)12-16-34-17-13-25/h1-2,4-11,31H,3,12-17H2,(H,26,29)(H,28,30). The number of ether oxygens (including phenoxy) is 2. The Morgan fingerprint density at radius 1 is 1.03 bits per heavy atom. The van der Waals surface area contributed by atoms with Crippen LogP contribution in [-0.4, -0.2) is 61.5 Å². The van der Waals surface area contributed by atoms with Gasteiger partial charge in [0.25, 0.3) is 11.8 Å². The summed E-state index contributed by atoms with van der Waals surface area (Å²) in [6.45, 7) is 0.870. The minimum atomic E-state index is -4.09. The summed E-state index contributed by atoms with van der Waals surface area (Å²) in [5, 5.41) is 12.9. The summed E-state index contributed by atoms with van der Waals surface area (Å²) >= 11 is 0. The molecule has 3 N–H and O–H groups in total. The number of nitrogens with one attached hydrogen (secondary N) is 2. The van der Waals surface area contributed by atoms with Crippen LogP contribution in [0.25, 0.3) is 10.9 Å². The Hall–Kier alpha value is -3.54. The van der Waals surface area contributed by atoms with Gasteiger partial charge in [-0.15, -0.1) is 0 Å². The number of carbonyl (C=O) groups excluding carboxylic acids is 2. The Morgan fingerprint density at radius 2 is 1.75 bits per heavy atom. The molecule has 1 saturated heterocycles. The van der Waals surface area contributed by atoms with E-state index in [0.717, 1.165) is 10.9 Å². The fraction of sp³-hybridized carbons (Fsp3) is 0.320. The van der Waals surface area contributed by atoms with E-state index in [4.69, 9.17) is 14.7 Å². The smallest absolute Gasteiger partial charge is 0.269 e. The van der Waals surface area contributed by atoms with Crippen LogP contribution in [0.2, 0.25) is 0 Å². The Bertz CT molecular complexity index is 1340. The molecule has 10 nitrogen and oxygen atoms in total. The summed E-state index contributed by atoms with van der Waals surface area (Å²) in [4.78, 5) is 29.0. The number of aromatic nitrogens is 1. The summed E-state index contributed by atoms with van der Waals surface area (Å²) in [5.41, 5.74) is 2.58. The molecule has 0 radical (unpaired) electrons. The van der Waals surface area contributed by atoms with Crippen LogP contribution in [0.4, 0.5) is 0 Å². The molecule has 4 rings (SSSR count). The molecule has 1 aliphatic rings. The second kappa shape index (κ2) is 11.0. The number of rotatable bonds is 9. The molecule has 0 unspecified atom stereocenters. The number of sulfone groups is 1. The Labute approximate surface area is 208 Å². The van der Waals surface area contributed by atoms with Crippen molar-refractivity contribution in [1.82, 2.24) is 15.8 Å². The van der Waals surface area contributed by atoms with Crippen LogP contribution in [0.15, 0.2) is 65.6 Å². The van der Waals surface area contributed by atoms with Crippen molar-refractivity contribution in [3.63, 3.8) is 0 Å². The highest BCUT2D eigenvalue weighted by molar-refractivity contribution is 7.93. The predicted octanol–water partition coefficient (Wildman–Crippen LogP) is 2.26. The van der Waals surface area contributed by atoms with Crippen molar-refractivity contribution in [3.8, 4) is 5.75 Å². The van der Waals surface area contributed by atoms with Crippen LogP contribution in [0.5, 0.6) is 5.75 Å². The molecule has 0 atom stereocenters. The molecule has 1 fully saturated rings. The van der Waals surface area contributed by atoms with Crippen LogP contribution < -0.4 is 15.5 Å². The van der Waals surface area contributed by atoms with E-state index in [-0.39, 0.29) is 36.9 Å². The third-order valence-electron chi connectivity index (χ3n) is 6.17. The molecule has 2 aromatic carbocycles. The average molecular weight is 514 g/mol. The summed E-state index contributed by atoms with van der Waals surface area (Å²) in [6, 6.07) is 16.9. The van der Waals surface area contributed by atoms with Crippen LogP contribution >= 0.6 is 0 Å². The zero-order chi connectivity index (χ0) is 25.6. The fourth-order valence-corrected chi connectivity index (χ4v) is 6.05. The number of carbonyl (C=O) groups is 2. The minimum Gasteiger partial charge on any atom is -0.494 e. The number of hydrogen-bond acceptors (Lipinski definition) is 8. The molecule has 11 heteroatoms. The number of fused-ring (bicyclic) bond motifs is 1. The lowest BCUT2D eigenvalue weighted by Crippen LogP contribution is -2.54. The van der Waals surface area contributed by atoms with Crippen molar-refractivity contribution in [2.45, 2.75) is 28.9 Å². The lowest BCUT2D eigenvalue weighted by atomic mass is 9.98. The van der Waals surface area contributed by atoms with Gasteiger partial charge >= 0.3 is 0 Å². The molecule has 36 heavy (non-hydrogen) atoms. The fourth-order valence-electron chi connectivity index (χ4n) is 4.11. The highest BCUT2D eigenvalue weighted by Crippen LogP contribution is 2.35. The molecule has 3 aromatic rings. The molecule has 2 amide bonds. The number of hydroxylamine groups is 1. The molecule has 0 bridgehead atoms. The average Bonchev–Trinajstić information content (AvgIpc) is 2.92. The third-order valence-corrected chi connectivity index (χ3v) is 8.69. The molecule has 0 saturated carbocycles. The van der Waals surface area contributed by atoms with E-state index in [0.29, 0.717) is 31.0 Å². The zero-order valence-electron chi connectivity index (χ0n) is 19.5. The first-order valence-corrected chi connectivity index (χ1v) is 13.0. The summed E-state index contributed by atoms with van der Waals surface area (Å²) < 4.78 is 35.6. The van der Waals surface area contributed by atoms with E-state index < -0.39 is 20.5 Å². The number of para-hydroxylation sites is 1. The summed E-state index contributed by atoms with van der Waals surface area (Å²) in [6.07, 6.45) is 0.417. The zero-order valence-corrected chi connectivity index (χ0v) is 20.3. The Balaban J connectivity index is 1.29. The van der Waals surface area contributed by atoms with E-state index in [9.17, 15) is 18.0 Å². The first kappa shape index (κ1) is 25.5. The molecule has 0 spiro atoms. The molecular formula is C25H27N3O7S. The largest absolute Gasteiger partial charge is 0.494 e. The minimum absolute atomic E-state index is 0.0458. The van der Waals surface area contributed by atoms with E-state index in [2.05, 4.69) is 10.3 Å². The van der Waals surface area contributed by atoms with Gasteiger partial charge < -0.3 is 14.8 Å². The van der Waals surface area contributed by atoms with E-state index >= 15 is 0 Å². The highest BCUT2D eigenvalue weighted by Gasteiger charge is 2.52. The molecule has 190 valence electrons. The van der Waals surface area contributed by atoms with Crippen molar-refractivity contribution >= 4 is 32.6 Å². The number of nitrogens with zero attached hydrogens (tertiary/aromatic N) is 1. The Kier molecular flexibility index (Phi) is 7.82. The lowest BCUT2D eigenvalue weighted by molar-refractivity contribution is -0.134. The van der Waals surface area contributed by atoms with Crippen LogP contribution in [0.3, 0.4) is 0 Å². The highest BCUT2D eigenvalue weighted by atomic mass is 32.2. The maximum atomic E-state index is 13.3. The molecule has 1 aliphatic heterocycles. The molecular weight excluding hydrogens is 486 g/mol. The van der Waals surface area contributed by atoms with E-state index in [1.54, 1.807) is 6.07 Å². The van der Waals surface area contributed by atoms with Gasteiger partial charge in [-0.05, 0) is 55.7 Å². The van der Waals surface area contributed by atoms with Crippen LogP contribution in [0, 0.1) is 0 Å². The van der Waals surface area contributed by atoms with Gasteiger partial charge in [-0.3, -0.25) is 14.8 Å². The van der Waals surface area contributed by atoms with Crippen LogP contribution in [0.1, 0.15) is 29.8 Å². The van der Waals surface area contributed by atoms with Gasteiger partial charge in [0.05, 0.1) is 17.0 Å². The first-order valence-electron chi connectivity index (χ1n) is 11.5. The predicted molar refractivity (Wildman–Crippen MR) is 131 cm³/mol. The second-order valence-electron chi connectivity index (χ2n) is 8.37. The second-order valence-corrected chi connectivity index (χ2v) is 10.6. The van der Waals surface area contributed by atoms with Crippen molar-refractivity contribution in [2.75, 3.05) is 26.4 Å². The van der Waals surface area contributed by atoms with E-state index in [1.807, 2.05) is 30.3 Å².